The Morgan fingerprint density at radius 2 is 1.97 bits per heavy atom. The number of urea groups is 1. The Labute approximate surface area is 182 Å². The monoisotopic (exact) mass is 428 g/mol. The largest absolute Gasteiger partial charge is 0.458 e. The number of carbonyl (C=O) groups excluding carboxylic acids is 3. The third kappa shape index (κ3) is 2.21. The Hall–Kier alpha value is -1.89. The lowest BCUT2D eigenvalue weighted by Gasteiger charge is -2.59. The molecule has 5 fully saturated rings. The SMILES string of the molecule is CNC(=O)N[C@@H]1CC2=CC(=O)CC[C@]2(C)C23O[C@H]2C[C@@]2(C)C(CC[C@@]24CCC(=O)O4)C13. The average molecular weight is 429 g/mol. The van der Waals surface area contributed by atoms with Gasteiger partial charge in [-0.1, -0.05) is 19.4 Å². The molecular weight excluding hydrogens is 396 g/mol. The number of rotatable bonds is 1. The van der Waals surface area contributed by atoms with Gasteiger partial charge in [-0.05, 0) is 50.5 Å². The Bertz CT molecular complexity index is 931. The van der Waals surface area contributed by atoms with Crippen LogP contribution in [0.3, 0.4) is 0 Å². The summed E-state index contributed by atoms with van der Waals surface area (Å²) in [5.41, 5.74) is 0.0541. The average Bonchev–Trinajstić information content (AvgIpc) is 3.21. The molecule has 2 spiro atoms. The van der Waals surface area contributed by atoms with E-state index in [4.69, 9.17) is 9.47 Å². The minimum absolute atomic E-state index is 0.0731. The minimum atomic E-state index is -0.399. The molecule has 0 bridgehead atoms. The smallest absolute Gasteiger partial charge is 0.314 e. The zero-order valence-corrected chi connectivity index (χ0v) is 18.6. The van der Waals surface area contributed by atoms with Gasteiger partial charge in [-0.15, -0.1) is 0 Å². The predicted octanol–water partition coefficient (Wildman–Crippen LogP) is 2.63. The fraction of sp³-hybridized carbons (Fsp3) is 0.792. The molecule has 2 heterocycles. The number of esters is 1. The lowest BCUT2D eigenvalue weighted by Crippen LogP contribution is -2.66. The number of fused-ring (bicyclic) bond motifs is 4. The van der Waals surface area contributed by atoms with Crippen molar-refractivity contribution in [2.75, 3.05) is 7.05 Å². The Balaban J connectivity index is 1.46. The van der Waals surface area contributed by atoms with Gasteiger partial charge < -0.3 is 20.1 Å². The van der Waals surface area contributed by atoms with E-state index < -0.39 is 5.60 Å². The first-order chi connectivity index (χ1) is 14.7. The van der Waals surface area contributed by atoms with E-state index in [1.807, 2.05) is 6.08 Å². The van der Waals surface area contributed by atoms with Crippen LogP contribution < -0.4 is 10.6 Å². The highest BCUT2D eigenvalue weighted by Crippen LogP contribution is 2.77. The number of hydrogen-bond donors (Lipinski definition) is 2. The van der Waals surface area contributed by atoms with Crippen LogP contribution in [0.1, 0.15) is 65.2 Å². The van der Waals surface area contributed by atoms with E-state index in [1.165, 1.54) is 0 Å². The molecule has 2 amide bonds. The van der Waals surface area contributed by atoms with E-state index in [0.717, 1.165) is 37.7 Å². The summed E-state index contributed by atoms with van der Waals surface area (Å²) in [4.78, 5) is 36.9. The van der Waals surface area contributed by atoms with Crippen LogP contribution in [0.5, 0.6) is 0 Å². The van der Waals surface area contributed by atoms with E-state index >= 15 is 0 Å². The van der Waals surface area contributed by atoms with Gasteiger partial charge in [0, 0.05) is 42.7 Å². The van der Waals surface area contributed by atoms with E-state index in [-0.39, 0.29) is 52.3 Å². The van der Waals surface area contributed by atoms with E-state index in [2.05, 4.69) is 24.5 Å². The van der Waals surface area contributed by atoms with Crippen molar-refractivity contribution in [2.45, 2.75) is 88.6 Å². The van der Waals surface area contributed by atoms with Crippen LogP contribution in [-0.4, -0.2) is 48.2 Å². The molecule has 2 aliphatic heterocycles. The third-order valence-corrected chi connectivity index (χ3v) is 10.3. The summed E-state index contributed by atoms with van der Waals surface area (Å²) in [7, 11) is 1.63. The van der Waals surface area contributed by atoms with Crippen molar-refractivity contribution in [3.8, 4) is 0 Å². The normalized spacial score (nSPS) is 51.8. The maximum absolute atomic E-state index is 12.4. The van der Waals surface area contributed by atoms with Gasteiger partial charge in [0.2, 0.25) is 0 Å². The fourth-order valence-corrected chi connectivity index (χ4v) is 8.69. The van der Waals surface area contributed by atoms with E-state index in [9.17, 15) is 14.4 Å². The van der Waals surface area contributed by atoms with Crippen LogP contribution in [0, 0.1) is 22.7 Å². The summed E-state index contributed by atoms with van der Waals surface area (Å²) in [6, 6.07) is -0.303. The third-order valence-electron chi connectivity index (χ3n) is 10.3. The summed E-state index contributed by atoms with van der Waals surface area (Å²) >= 11 is 0. The zero-order chi connectivity index (χ0) is 21.8. The van der Waals surface area contributed by atoms with Gasteiger partial charge in [0.05, 0.1) is 6.10 Å². The summed E-state index contributed by atoms with van der Waals surface area (Å²) in [6.07, 6.45) is 7.98. The second-order valence-corrected chi connectivity index (χ2v) is 11.2. The molecule has 0 aromatic heterocycles. The van der Waals surface area contributed by atoms with Gasteiger partial charge in [-0.3, -0.25) is 9.59 Å². The number of hydrogen-bond acceptors (Lipinski definition) is 5. The van der Waals surface area contributed by atoms with Gasteiger partial charge in [-0.25, -0.2) is 4.79 Å². The number of nitrogens with one attached hydrogen (secondary N) is 2. The summed E-state index contributed by atoms with van der Waals surface area (Å²) in [5, 5.41) is 5.91. The Morgan fingerprint density at radius 3 is 2.68 bits per heavy atom. The van der Waals surface area contributed by atoms with Crippen LogP contribution >= 0.6 is 0 Å². The van der Waals surface area contributed by atoms with Crippen molar-refractivity contribution >= 4 is 17.8 Å². The molecular formula is C24H32N2O5. The van der Waals surface area contributed by atoms with Crippen molar-refractivity contribution in [2.24, 2.45) is 22.7 Å². The van der Waals surface area contributed by atoms with Crippen LogP contribution in [0.25, 0.3) is 0 Å². The quantitative estimate of drug-likeness (QED) is 0.494. The van der Waals surface area contributed by atoms with Crippen LogP contribution in [-0.2, 0) is 19.1 Å². The van der Waals surface area contributed by atoms with E-state index in [0.29, 0.717) is 25.2 Å². The molecule has 8 atom stereocenters. The molecule has 2 saturated heterocycles. The lowest BCUT2D eigenvalue weighted by atomic mass is 9.45. The number of epoxide rings is 1. The molecule has 168 valence electrons. The first kappa shape index (κ1) is 19.8. The molecule has 0 aromatic carbocycles. The van der Waals surface area contributed by atoms with Crippen molar-refractivity contribution in [1.82, 2.24) is 10.6 Å². The highest BCUT2D eigenvalue weighted by molar-refractivity contribution is 5.92. The maximum Gasteiger partial charge on any atom is 0.314 e. The molecule has 6 aliphatic rings. The van der Waals surface area contributed by atoms with Crippen molar-refractivity contribution in [3.63, 3.8) is 0 Å². The van der Waals surface area contributed by atoms with Crippen molar-refractivity contribution in [3.05, 3.63) is 11.6 Å². The minimum Gasteiger partial charge on any atom is -0.458 e. The number of ether oxygens (including phenoxy) is 2. The first-order valence-corrected chi connectivity index (χ1v) is 11.8. The summed E-state index contributed by atoms with van der Waals surface area (Å²) < 4.78 is 12.7. The van der Waals surface area contributed by atoms with E-state index in [1.54, 1.807) is 7.05 Å². The maximum atomic E-state index is 12.4. The zero-order valence-electron chi connectivity index (χ0n) is 18.6. The van der Waals surface area contributed by atoms with Gasteiger partial charge in [-0.2, -0.15) is 0 Å². The fourth-order valence-electron chi connectivity index (χ4n) is 8.69. The standard InChI is InChI=1S/C24H32N2O5/c1-21-7-4-14(27)10-13(21)11-16(26-20(29)25-3)19-15-5-8-23(9-6-18(28)31-23)22(15,2)12-17-24(19,21)30-17/h10,15-17,19H,4-9,11-12H2,1-3H3,(H2,25,26,29)/t15?,16-,17+,19?,21+,22+,23-,24?/m1/s1. The predicted molar refractivity (Wildman–Crippen MR) is 111 cm³/mol. The number of amides is 2. The molecule has 0 aromatic rings. The number of ketones is 1. The molecule has 2 N–H and O–H groups in total. The molecule has 31 heavy (non-hydrogen) atoms. The summed E-state index contributed by atoms with van der Waals surface area (Å²) in [5.74, 6) is 0.538. The Morgan fingerprint density at radius 1 is 1.16 bits per heavy atom. The molecule has 0 radical (unpaired) electrons. The lowest BCUT2D eigenvalue weighted by molar-refractivity contribution is -0.165. The molecule has 3 saturated carbocycles. The summed E-state index contributed by atoms with van der Waals surface area (Å²) in [6.45, 7) is 4.57. The molecule has 7 nitrogen and oxygen atoms in total. The van der Waals surface area contributed by atoms with Crippen LogP contribution in [0.2, 0.25) is 0 Å². The highest BCUT2D eigenvalue weighted by Gasteiger charge is 2.83. The molecule has 3 unspecified atom stereocenters. The topological polar surface area (TPSA) is 97.0 Å². The van der Waals surface area contributed by atoms with Crippen molar-refractivity contribution in [1.29, 1.82) is 0 Å². The van der Waals surface area contributed by atoms with Crippen molar-refractivity contribution < 1.29 is 23.9 Å². The second-order valence-electron chi connectivity index (χ2n) is 11.2. The number of carbonyl (C=O) groups is 3. The molecule has 6 rings (SSSR count). The van der Waals surface area contributed by atoms with Crippen LogP contribution in [0.15, 0.2) is 11.6 Å². The Kier molecular flexibility index (Phi) is 3.77. The van der Waals surface area contributed by atoms with Crippen LogP contribution in [0.4, 0.5) is 4.79 Å². The molecule has 4 aliphatic carbocycles. The van der Waals surface area contributed by atoms with Gasteiger partial charge in [0.25, 0.3) is 0 Å². The van der Waals surface area contributed by atoms with Gasteiger partial charge in [0.1, 0.15) is 11.2 Å². The van der Waals surface area contributed by atoms with Gasteiger partial charge >= 0.3 is 12.0 Å². The van der Waals surface area contributed by atoms with Gasteiger partial charge in [0.15, 0.2) is 5.78 Å². The molecule has 7 heteroatoms. The second kappa shape index (κ2) is 5.91. The highest BCUT2D eigenvalue weighted by atomic mass is 16.6. The first-order valence-electron chi connectivity index (χ1n) is 11.8.